The zero-order valence-electron chi connectivity index (χ0n) is 11.8. The largest absolute Gasteiger partial charge is 0.228 e. The minimum Gasteiger partial charge on any atom is -0.228 e. The van der Waals surface area contributed by atoms with Crippen LogP contribution in [-0.2, 0) is 9.84 Å². The molecule has 0 amide bonds. The van der Waals surface area contributed by atoms with Gasteiger partial charge >= 0.3 is 0 Å². The number of rotatable bonds is 3. The lowest BCUT2D eigenvalue weighted by Gasteiger charge is -2.29. The molecule has 0 aromatic carbocycles. The molecule has 2 fully saturated rings. The van der Waals surface area contributed by atoms with Crippen LogP contribution in [0.3, 0.4) is 0 Å². The van der Waals surface area contributed by atoms with Gasteiger partial charge in [-0.25, -0.2) is 8.42 Å². The van der Waals surface area contributed by atoms with Crippen molar-refractivity contribution in [1.29, 1.82) is 0 Å². The number of hydrogen-bond acceptors (Lipinski definition) is 2. The van der Waals surface area contributed by atoms with Gasteiger partial charge in [-0.3, -0.25) is 0 Å². The monoisotopic (exact) mass is 258 g/mol. The molecule has 0 aromatic rings. The quantitative estimate of drug-likeness (QED) is 0.778. The van der Waals surface area contributed by atoms with E-state index in [0.717, 1.165) is 0 Å². The fourth-order valence-corrected chi connectivity index (χ4v) is 5.76. The second-order valence-corrected chi connectivity index (χ2v) is 10.0. The molecule has 100 valence electrons. The first-order chi connectivity index (χ1) is 7.63. The molecule has 2 atom stereocenters. The highest BCUT2D eigenvalue weighted by atomic mass is 32.2. The highest BCUT2D eigenvalue weighted by molar-refractivity contribution is 7.92. The number of hydrogen-bond donors (Lipinski definition) is 0. The summed E-state index contributed by atoms with van der Waals surface area (Å²) in [7, 11) is -2.98. The zero-order chi connectivity index (χ0) is 13.1. The van der Waals surface area contributed by atoms with Crippen molar-refractivity contribution in [2.24, 2.45) is 23.2 Å². The van der Waals surface area contributed by atoms with Gasteiger partial charge in [-0.15, -0.1) is 0 Å². The Morgan fingerprint density at radius 3 is 2.00 bits per heavy atom. The average molecular weight is 258 g/mol. The van der Waals surface area contributed by atoms with Crippen molar-refractivity contribution in [3.63, 3.8) is 0 Å². The molecule has 0 radical (unpaired) electrons. The summed E-state index contributed by atoms with van der Waals surface area (Å²) < 4.78 is 24.3. The molecule has 2 unspecified atom stereocenters. The standard InChI is InChI=1S/C14H26O2S/c1-10(2)14(11-7-6-8-12(11)14)9-17(15,16)13(3,4)5/h10-12H,6-9H2,1-5H3. The van der Waals surface area contributed by atoms with Crippen LogP contribution in [0, 0.1) is 23.2 Å². The SMILES string of the molecule is CC(C)C1(CS(=O)(=O)C(C)(C)C)C2CCCC21. The molecule has 0 heterocycles. The molecule has 2 aliphatic rings. The van der Waals surface area contributed by atoms with E-state index in [4.69, 9.17) is 0 Å². The Hall–Kier alpha value is -0.0500. The molecule has 0 N–H and O–H groups in total. The molecule has 2 aliphatic carbocycles. The van der Waals surface area contributed by atoms with E-state index < -0.39 is 14.6 Å². The average Bonchev–Trinajstić information content (AvgIpc) is 2.58. The maximum absolute atomic E-state index is 12.4. The third kappa shape index (κ3) is 1.85. The predicted molar refractivity (Wildman–Crippen MR) is 71.6 cm³/mol. The molecule has 2 nitrogen and oxygen atoms in total. The first-order valence-electron chi connectivity index (χ1n) is 6.85. The lowest BCUT2D eigenvalue weighted by Crippen LogP contribution is -2.37. The summed E-state index contributed by atoms with van der Waals surface area (Å²) in [5.74, 6) is 2.30. The molecular formula is C14H26O2S. The highest BCUT2D eigenvalue weighted by Crippen LogP contribution is 2.71. The normalized spacial score (nSPS) is 37.3. The topological polar surface area (TPSA) is 34.1 Å². The second kappa shape index (κ2) is 3.72. The van der Waals surface area contributed by atoms with Crippen LogP contribution in [-0.4, -0.2) is 18.9 Å². The molecule has 2 rings (SSSR count). The Kier molecular flexibility index (Phi) is 2.93. The van der Waals surface area contributed by atoms with Crippen molar-refractivity contribution in [1.82, 2.24) is 0 Å². The predicted octanol–water partition coefficient (Wildman–Crippen LogP) is 3.27. The lowest BCUT2D eigenvalue weighted by molar-refractivity contribution is 0.307. The first-order valence-corrected chi connectivity index (χ1v) is 8.50. The van der Waals surface area contributed by atoms with Crippen LogP contribution in [0.2, 0.25) is 0 Å². The van der Waals surface area contributed by atoms with E-state index in [2.05, 4.69) is 13.8 Å². The first kappa shape index (κ1) is 13.4. The van der Waals surface area contributed by atoms with Crippen molar-refractivity contribution >= 4 is 9.84 Å². The van der Waals surface area contributed by atoms with Gasteiger partial charge in [0.25, 0.3) is 0 Å². The van der Waals surface area contributed by atoms with E-state index in [1.165, 1.54) is 19.3 Å². The van der Waals surface area contributed by atoms with Crippen molar-refractivity contribution in [2.45, 2.75) is 58.6 Å². The highest BCUT2D eigenvalue weighted by Gasteiger charge is 2.68. The third-order valence-corrected chi connectivity index (χ3v) is 7.98. The van der Waals surface area contributed by atoms with Crippen LogP contribution < -0.4 is 0 Å². The molecule has 0 saturated heterocycles. The van der Waals surface area contributed by atoms with Crippen LogP contribution >= 0.6 is 0 Å². The summed E-state index contributed by atoms with van der Waals surface area (Å²) in [5, 5.41) is 0. The van der Waals surface area contributed by atoms with E-state index in [9.17, 15) is 8.42 Å². The van der Waals surface area contributed by atoms with Crippen LogP contribution in [0.4, 0.5) is 0 Å². The summed E-state index contributed by atoms with van der Waals surface area (Å²) in [5.41, 5.74) is 0.115. The van der Waals surface area contributed by atoms with Gasteiger partial charge in [0.1, 0.15) is 0 Å². The Balaban J connectivity index is 2.23. The summed E-state index contributed by atoms with van der Waals surface area (Å²) in [6, 6.07) is 0. The number of sulfone groups is 1. The Morgan fingerprint density at radius 1 is 1.18 bits per heavy atom. The minimum absolute atomic E-state index is 0.115. The molecule has 3 heteroatoms. The summed E-state index contributed by atoms with van der Waals surface area (Å²) in [4.78, 5) is 0. The van der Waals surface area contributed by atoms with Gasteiger partial charge in [-0.1, -0.05) is 20.3 Å². The van der Waals surface area contributed by atoms with Crippen molar-refractivity contribution < 1.29 is 8.42 Å². The summed E-state index contributed by atoms with van der Waals surface area (Å²) >= 11 is 0. The molecule has 0 bridgehead atoms. The van der Waals surface area contributed by atoms with Crippen LogP contribution in [0.15, 0.2) is 0 Å². The lowest BCUT2D eigenvalue weighted by atomic mass is 9.86. The Bertz CT molecular complexity index is 390. The van der Waals surface area contributed by atoms with E-state index in [1.54, 1.807) is 0 Å². The van der Waals surface area contributed by atoms with Gasteiger partial charge in [0.15, 0.2) is 9.84 Å². The van der Waals surface area contributed by atoms with E-state index in [1.807, 2.05) is 20.8 Å². The van der Waals surface area contributed by atoms with Gasteiger partial charge < -0.3 is 0 Å². The van der Waals surface area contributed by atoms with Crippen LogP contribution in [0.25, 0.3) is 0 Å². The molecule has 17 heavy (non-hydrogen) atoms. The third-order valence-electron chi connectivity index (χ3n) is 5.24. The fourth-order valence-electron chi connectivity index (χ4n) is 3.91. The Morgan fingerprint density at radius 2 is 1.65 bits per heavy atom. The van der Waals surface area contributed by atoms with Crippen LogP contribution in [0.1, 0.15) is 53.9 Å². The van der Waals surface area contributed by atoms with Crippen molar-refractivity contribution in [3.8, 4) is 0 Å². The van der Waals surface area contributed by atoms with Crippen molar-refractivity contribution in [3.05, 3.63) is 0 Å². The maximum atomic E-state index is 12.4. The fraction of sp³-hybridized carbons (Fsp3) is 1.00. The summed E-state index contributed by atoms with van der Waals surface area (Å²) in [6.07, 6.45) is 3.81. The van der Waals surface area contributed by atoms with E-state index in [-0.39, 0.29) is 5.41 Å². The summed E-state index contributed by atoms with van der Waals surface area (Å²) in [6.45, 7) is 9.89. The molecule has 0 aromatic heterocycles. The molecular weight excluding hydrogens is 232 g/mol. The van der Waals surface area contributed by atoms with Gasteiger partial charge in [-0.05, 0) is 56.8 Å². The van der Waals surface area contributed by atoms with E-state index >= 15 is 0 Å². The van der Waals surface area contributed by atoms with Gasteiger partial charge in [0.2, 0.25) is 0 Å². The van der Waals surface area contributed by atoms with E-state index in [0.29, 0.717) is 23.5 Å². The second-order valence-electron chi connectivity index (χ2n) is 7.28. The molecule has 0 aliphatic heterocycles. The zero-order valence-corrected chi connectivity index (χ0v) is 12.6. The number of fused-ring (bicyclic) bond motifs is 1. The molecule has 0 spiro atoms. The Labute approximate surface area is 106 Å². The van der Waals surface area contributed by atoms with Gasteiger partial charge in [0.05, 0.1) is 10.5 Å². The molecule has 2 saturated carbocycles. The van der Waals surface area contributed by atoms with Gasteiger partial charge in [0, 0.05) is 0 Å². The maximum Gasteiger partial charge on any atom is 0.155 e. The van der Waals surface area contributed by atoms with Gasteiger partial charge in [-0.2, -0.15) is 0 Å². The smallest absolute Gasteiger partial charge is 0.155 e. The van der Waals surface area contributed by atoms with Crippen molar-refractivity contribution in [2.75, 3.05) is 5.75 Å². The van der Waals surface area contributed by atoms with Crippen LogP contribution in [0.5, 0.6) is 0 Å². The minimum atomic E-state index is -2.98.